The van der Waals surface area contributed by atoms with Gasteiger partial charge in [-0.2, -0.15) is 5.26 Å². The van der Waals surface area contributed by atoms with Crippen LogP contribution >= 0.6 is 15.9 Å². The van der Waals surface area contributed by atoms with Crippen molar-refractivity contribution in [1.82, 2.24) is 4.98 Å². The molecule has 1 aromatic carbocycles. The number of hydrogen-bond acceptors (Lipinski definition) is 2. The molecule has 0 spiro atoms. The molecule has 2 rings (SSSR count). The summed E-state index contributed by atoms with van der Waals surface area (Å²) >= 11 is 3.36. The fourth-order valence-electron chi connectivity index (χ4n) is 1.71. The molecule has 0 N–H and O–H groups in total. The molecule has 2 aromatic rings. The van der Waals surface area contributed by atoms with Crippen LogP contribution in [-0.2, 0) is 0 Å². The Morgan fingerprint density at radius 1 is 1.24 bits per heavy atom. The highest BCUT2D eigenvalue weighted by atomic mass is 79.9. The summed E-state index contributed by atoms with van der Waals surface area (Å²) < 4.78 is 0.750. The monoisotopic (exact) mass is 286 g/mol. The van der Waals surface area contributed by atoms with Crippen molar-refractivity contribution in [3.8, 4) is 6.07 Å². The predicted octanol–water partition coefficient (Wildman–Crippen LogP) is 3.87. The number of halogens is 1. The molecule has 17 heavy (non-hydrogen) atoms. The molecule has 0 aliphatic rings. The second kappa shape index (κ2) is 5.11. The number of pyridine rings is 1. The maximum absolute atomic E-state index is 8.82. The molecule has 1 atom stereocenters. The normalized spacial score (nSPS) is 11.8. The summed E-state index contributed by atoms with van der Waals surface area (Å²) in [6.45, 7) is 2.13. The molecule has 0 saturated carbocycles. The summed E-state index contributed by atoms with van der Waals surface area (Å²) in [5.41, 5.74) is 2.77. The first-order valence-electron chi connectivity index (χ1n) is 5.33. The summed E-state index contributed by atoms with van der Waals surface area (Å²) in [7, 11) is 0. The first kappa shape index (κ1) is 11.8. The van der Waals surface area contributed by atoms with Crippen molar-refractivity contribution in [2.45, 2.75) is 12.8 Å². The Hall–Kier alpha value is -1.66. The van der Waals surface area contributed by atoms with Crippen LogP contribution in [0, 0.1) is 11.3 Å². The summed E-state index contributed by atoms with van der Waals surface area (Å²) in [5, 5.41) is 8.82. The molecule has 1 heterocycles. The lowest BCUT2D eigenvalue weighted by molar-refractivity contribution is 0.908. The van der Waals surface area contributed by atoms with Crippen molar-refractivity contribution in [2.75, 3.05) is 0 Å². The molecule has 0 saturated heterocycles. The standard InChI is InChI=1S/C14H11BrN2/c1-10(11-5-3-2-4-6-11)12-7-13(15)14(8-16)17-9-12/h2-7,9-10H,1H3. The summed E-state index contributed by atoms with van der Waals surface area (Å²) in [5.74, 6) is 0.271. The van der Waals surface area contributed by atoms with Gasteiger partial charge in [0, 0.05) is 12.1 Å². The van der Waals surface area contributed by atoms with E-state index in [4.69, 9.17) is 5.26 Å². The quantitative estimate of drug-likeness (QED) is 0.840. The van der Waals surface area contributed by atoms with Gasteiger partial charge < -0.3 is 0 Å². The van der Waals surface area contributed by atoms with E-state index in [-0.39, 0.29) is 5.92 Å². The number of nitriles is 1. The highest BCUT2D eigenvalue weighted by Gasteiger charge is 2.10. The van der Waals surface area contributed by atoms with E-state index in [2.05, 4.69) is 40.0 Å². The highest BCUT2D eigenvalue weighted by molar-refractivity contribution is 9.10. The van der Waals surface area contributed by atoms with Gasteiger partial charge in [0.2, 0.25) is 0 Å². The van der Waals surface area contributed by atoms with Crippen molar-refractivity contribution in [3.63, 3.8) is 0 Å². The largest absolute Gasteiger partial charge is 0.244 e. The third kappa shape index (κ3) is 2.54. The zero-order valence-electron chi connectivity index (χ0n) is 9.39. The zero-order valence-corrected chi connectivity index (χ0v) is 11.0. The van der Waals surface area contributed by atoms with E-state index in [1.165, 1.54) is 5.56 Å². The lowest BCUT2D eigenvalue weighted by Crippen LogP contribution is -1.98. The first-order valence-corrected chi connectivity index (χ1v) is 6.12. The van der Waals surface area contributed by atoms with Crippen LogP contribution in [0.4, 0.5) is 0 Å². The fraction of sp³-hybridized carbons (Fsp3) is 0.143. The number of nitrogens with zero attached hydrogens (tertiary/aromatic N) is 2. The van der Waals surface area contributed by atoms with Gasteiger partial charge in [-0.05, 0) is 33.1 Å². The molecule has 0 aliphatic heterocycles. The van der Waals surface area contributed by atoms with Gasteiger partial charge in [-0.1, -0.05) is 37.3 Å². The lowest BCUT2D eigenvalue weighted by Gasteiger charge is -2.12. The predicted molar refractivity (Wildman–Crippen MR) is 70.6 cm³/mol. The van der Waals surface area contributed by atoms with Crippen LogP contribution in [-0.4, -0.2) is 4.98 Å². The Kier molecular flexibility index (Phi) is 3.55. The molecule has 1 aromatic heterocycles. The molecule has 2 nitrogen and oxygen atoms in total. The van der Waals surface area contributed by atoms with Crippen LogP contribution in [0.15, 0.2) is 47.1 Å². The topological polar surface area (TPSA) is 36.7 Å². The molecule has 0 fully saturated rings. The van der Waals surface area contributed by atoms with Crippen LogP contribution in [0.5, 0.6) is 0 Å². The third-order valence-electron chi connectivity index (χ3n) is 2.77. The van der Waals surface area contributed by atoms with Crippen molar-refractivity contribution in [2.24, 2.45) is 0 Å². The molecule has 3 heteroatoms. The Bertz CT molecular complexity index is 558. The fourth-order valence-corrected chi connectivity index (χ4v) is 2.16. The van der Waals surface area contributed by atoms with E-state index in [9.17, 15) is 0 Å². The van der Waals surface area contributed by atoms with Crippen molar-refractivity contribution < 1.29 is 0 Å². The Morgan fingerprint density at radius 2 is 1.94 bits per heavy atom. The third-order valence-corrected chi connectivity index (χ3v) is 3.37. The van der Waals surface area contributed by atoms with Crippen LogP contribution in [0.1, 0.15) is 29.7 Å². The van der Waals surface area contributed by atoms with Crippen LogP contribution < -0.4 is 0 Å². The van der Waals surface area contributed by atoms with Gasteiger partial charge in [-0.3, -0.25) is 0 Å². The summed E-state index contributed by atoms with van der Waals surface area (Å²) in [6.07, 6.45) is 1.76. The highest BCUT2D eigenvalue weighted by Crippen LogP contribution is 2.26. The molecule has 84 valence electrons. The minimum atomic E-state index is 0.271. The van der Waals surface area contributed by atoms with Gasteiger partial charge in [0.15, 0.2) is 5.69 Å². The minimum Gasteiger partial charge on any atom is -0.244 e. The molecular weight excluding hydrogens is 276 g/mol. The molecule has 0 amide bonds. The molecule has 0 bridgehead atoms. The van der Waals surface area contributed by atoms with Gasteiger partial charge in [-0.25, -0.2) is 4.98 Å². The van der Waals surface area contributed by atoms with E-state index in [1.807, 2.05) is 30.3 Å². The minimum absolute atomic E-state index is 0.271. The second-order valence-electron chi connectivity index (χ2n) is 3.84. The van der Waals surface area contributed by atoms with Gasteiger partial charge in [0.05, 0.1) is 4.47 Å². The average molecular weight is 287 g/mol. The molecule has 0 aliphatic carbocycles. The maximum Gasteiger partial charge on any atom is 0.154 e. The SMILES string of the molecule is CC(c1ccccc1)c1cnc(C#N)c(Br)c1. The van der Waals surface area contributed by atoms with Gasteiger partial charge in [-0.15, -0.1) is 0 Å². The van der Waals surface area contributed by atoms with E-state index < -0.39 is 0 Å². The van der Waals surface area contributed by atoms with Gasteiger partial charge in [0.1, 0.15) is 6.07 Å². The van der Waals surface area contributed by atoms with Crippen LogP contribution in [0.3, 0.4) is 0 Å². The average Bonchev–Trinajstić information content (AvgIpc) is 2.39. The van der Waals surface area contributed by atoms with E-state index in [0.29, 0.717) is 5.69 Å². The summed E-state index contributed by atoms with van der Waals surface area (Å²) in [4.78, 5) is 4.14. The van der Waals surface area contributed by atoms with Gasteiger partial charge in [0.25, 0.3) is 0 Å². The maximum atomic E-state index is 8.82. The van der Waals surface area contributed by atoms with Crippen molar-refractivity contribution >= 4 is 15.9 Å². The number of hydrogen-bond donors (Lipinski definition) is 0. The Balaban J connectivity index is 2.36. The Labute approximate surface area is 109 Å². The van der Waals surface area contributed by atoms with Crippen LogP contribution in [0.2, 0.25) is 0 Å². The second-order valence-corrected chi connectivity index (χ2v) is 4.70. The first-order chi connectivity index (χ1) is 8.22. The number of rotatable bonds is 2. The lowest BCUT2D eigenvalue weighted by atomic mass is 9.94. The molecule has 1 unspecified atom stereocenters. The van der Waals surface area contributed by atoms with E-state index >= 15 is 0 Å². The molecule has 0 radical (unpaired) electrons. The van der Waals surface area contributed by atoms with Crippen molar-refractivity contribution in [1.29, 1.82) is 5.26 Å². The number of aromatic nitrogens is 1. The van der Waals surface area contributed by atoms with E-state index in [1.54, 1.807) is 6.20 Å². The Morgan fingerprint density at radius 3 is 2.53 bits per heavy atom. The summed E-state index contributed by atoms with van der Waals surface area (Å²) in [6, 6.07) is 14.2. The van der Waals surface area contributed by atoms with Gasteiger partial charge >= 0.3 is 0 Å². The number of benzene rings is 1. The van der Waals surface area contributed by atoms with Crippen molar-refractivity contribution in [3.05, 3.63) is 63.9 Å². The smallest absolute Gasteiger partial charge is 0.154 e. The zero-order chi connectivity index (χ0) is 12.3. The van der Waals surface area contributed by atoms with Crippen LogP contribution in [0.25, 0.3) is 0 Å². The molecular formula is C14H11BrN2. The van der Waals surface area contributed by atoms with E-state index in [0.717, 1.165) is 10.0 Å².